The lowest BCUT2D eigenvalue weighted by molar-refractivity contribution is 0.305. The molecule has 0 aliphatic heterocycles. The Labute approximate surface area is 124 Å². The Bertz CT molecular complexity index is 376. The van der Waals surface area contributed by atoms with Crippen LogP contribution in [0.1, 0.15) is 43.0 Å². The van der Waals surface area contributed by atoms with Crippen LogP contribution in [0.4, 0.5) is 0 Å². The number of likely N-dealkylation sites (N-methyl/N-ethyl adjacent to an activating group) is 1. The van der Waals surface area contributed by atoms with Gasteiger partial charge in [0.1, 0.15) is 5.82 Å². The molecule has 0 bridgehead atoms. The summed E-state index contributed by atoms with van der Waals surface area (Å²) in [6.07, 6.45) is 3.15. The van der Waals surface area contributed by atoms with E-state index in [4.69, 9.17) is 9.97 Å². The van der Waals surface area contributed by atoms with Gasteiger partial charge < -0.3 is 10.2 Å². The highest BCUT2D eigenvalue weighted by atomic mass is 15.1. The maximum atomic E-state index is 4.70. The molecule has 1 heterocycles. The fourth-order valence-electron chi connectivity index (χ4n) is 2.52. The van der Waals surface area contributed by atoms with Crippen LogP contribution < -0.4 is 5.32 Å². The summed E-state index contributed by atoms with van der Waals surface area (Å²) in [6.45, 7) is 12.9. The highest BCUT2D eigenvalue weighted by molar-refractivity contribution is 5.24. The molecule has 0 atom stereocenters. The molecule has 114 valence electrons. The van der Waals surface area contributed by atoms with Crippen LogP contribution >= 0.6 is 0 Å². The maximum absolute atomic E-state index is 4.70. The Kier molecular flexibility index (Phi) is 7.70. The van der Waals surface area contributed by atoms with Gasteiger partial charge in [-0.25, -0.2) is 9.97 Å². The molecule has 4 nitrogen and oxygen atoms in total. The summed E-state index contributed by atoms with van der Waals surface area (Å²) in [5, 5.41) is 3.19. The molecule has 0 amide bonds. The Hall–Kier alpha value is -1.00. The predicted molar refractivity (Wildman–Crippen MR) is 85.2 cm³/mol. The van der Waals surface area contributed by atoms with Gasteiger partial charge in [0.2, 0.25) is 0 Å². The summed E-state index contributed by atoms with van der Waals surface area (Å²) in [5.74, 6) is 0.990. The number of aryl methyl sites for hydroxylation is 2. The van der Waals surface area contributed by atoms with E-state index in [9.17, 15) is 0 Å². The molecule has 20 heavy (non-hydrogen) atoms. The summed E-state index contributed by atoms with van der Waals surface area (Å²) in [5.41, 5.74) is 3.64. The van der Waals surface area contributed by atoms with Gasteiger partial charge in [0, 0.05) is 24.4 Å². The van der Waals surface area contributed by atoms with Crippen LogP contribution in [0.2, 0.25) is 0 Å². The molecule has 1 N–H and O–H groups in total. The van der Waals surface area contributed by atoms with E-state index in [-0.39, 0.29) is 0 Å². The minimum absolute atomic E-state index is 0.945. The molecule has 0 radical (unpaired) electrons. The highest BCUT2D eigenvalue weighted by Crippen LogP contribution is 2.13. The van der Waals surface area contributed by atoms with Crippen molar-refractivity contribution in [3.8, 4) is 0 Å². The van der Waals surface area contributed by atoms with Crippen molar-refractivity contribution in [2.24, 2.45) is 0 Å². The molecule has 1 aromatic heterocycles. The lowest BCUT2D eigenvalue weighted by atomic mass is 10.1. The van der Waals surface area contributed by atoms with Crippen LogP contribution in [0.3, 0.4) is 0 Å². The van der Waals surface area contributed by atoms with Gasteiger partial charge in [0.05, 0.1) is 0 Å². The lowest BCUT2D eigenvalue weighted by Gasteiger charge is -2.18. The topological polar surface area (TPSA) is 41.1 Å². The Balaban J connectivity index is 2.67. The van der Waals surface area contributed by atoms with E-state index in [0.717, 1.165) is 62.7 Å². The van der Waals surface area contributed by atoms with Crippen LogP contribution in [0.5, 0.6) is 0 Å². The molecule has 0 aromatic carbocycles. The number of hydrogen-bond acceptors (Lipinski definition) is 4. The second kappa shape index (κ2) is 9.03. The Morgan fingerprint density at radius 1 is 1.00 bits per heavy atom. The third-order valence-electron chi connectivity index (χ3n) is 3.87. The Morgan fingerprint density at radius 2 is 1.60 bits per heavy atom. The van der Waals surface area contributed by atoms with Gasteiger partial charge in [0.15, 0.2) is 0 Å². The highest BCUT2D eigenvalue weighted by Gasteiger charge is 2.09. The number of nitrogens with zero attached hydrogens (tertiary/aromatic N) is 3. The minimum atomic E-state index is 0.945. The van der Waals surface area contributed by atoms with Crippen LogP contribution in [0.15, 0.2) is 0 Å². The van der Waals surface area contributed by atoms with E-state index in [2.05, 4.69) is 37.9 Å². The van der Waals surface area contributed by atoms with Crippen molar-refractivity contribution in [1.82, 2.24) is 20.2 Å². The van der Waals surface area contributed by atoms with Crippen molar-refractivity contribution in [2.45, 2.75) is 47.0 Å². The van der Waals surface area contributed by atoms with Gasteiger partial charge in [-0.2, -0.15) is 0 Å². The van der Waals surface area contributed by atoms with Crippen molar-refractivity contribution in [1.29, 1.82) is 0 Å². The van der Waals surface area contributed by atoms with E-state index in [1.165, 1.54) is 5.56 Å². The van der Waals surface area contributed by atoms with Crippen molar-refractivity contribution in [2.75, 3.05) is 33.2 Å². The van der Waals surface area contributed by atoms with E-state index in [1.54, 1.807) is 0 Å². The summed E-state index contributed by atoms with van der Waals surface area (Å²) in [4.78, 5) is 11.8. The first kappa shape index (κ1) is 17.1. The standard InChI is InChI=1S/C16H30N4/c1-6-20(7-2)12-10-16-18-13(3)15(14(4)19-16)9-8-11-17-5/h17H,6-12H2,1-5H3. The van der Waals surface area contributed by atoms with Gasteiger partial charge in [-0.3, -0.25) is 0 Å². The van der Waals surface area contributed by atoms with Crippen LogP contribution in [0.25, 0.3) is 0 Å². The summed E-state index contributed by atoms with van der Waals surface area (Å²) in [7, 11) is 1.99. The van der Waals surface area contributed by atoms with Crippen molar-refractivity contribution in [3.63, 3.8) is 0 Å². The number of aromatic nitrogens is 2. The van der Waals surface area contributed by atoms with Crippen molar-refractivity contribution >= 4 is 0 Å². The molecule has 0 saturated carbocycles. The molecule has 0 aliphatic carbocycles. The first-order chi connectivity index (χ1) is 9.62. The molecule has 0 aliphatic rings. The molecule has 0 spiro atoms. The van der Waals surface area contributed by atoms with Gasteiger partial charge in [-0.05, 0) is 58.9 Å². The van der Waals surface area contributed by atoms with E-state index < -0.39 is 0 Å². The van der Waals surface area contributed by atoms with Gasteiger partial charge in [-0.15, -0.1) is 0 Å². The molecule has 0 fully saturated rings. The van der Waals surface area contributed by atoms with Crippen LogP contribution in [0, 0.1) is 13.8 Å². The third kappa shape index (κ3) is 5.17. The zero-order valence-corrected chi connectivity index (χ0v) is 13.8. The number of hydrogen-bond donors (Lipinski definition) is 1. The fraction of sp³-hybridized carbons (Fsp3) is 0.750. The normalized spacial score (nSPS) is 11.3. The molecular formula is C16H30N4. The van der Waals surface area contributed by atoms with Gasteiger partial charge in [0.25, 0.3) is 0 Å². The van der Waals surface area contributed by atoms with Crippen LogP contribution in [-0.2, 0) is 12.8 Å². The molecule has 1 rings (SSSR count). The first-order valence-corrected chi connectivity index (χ1v) is 7.82. The Morgan fingerprint density at radius 3 is 2.10 bits per heavy atom. The molecule has 0 unspecified atom stereocenters. The summed E-state index contributed by atoms with van der Waals surface area (Å²) in [6, 6.07) is 0. The predicted octanol–water partition coefficient (Wildman–Crippen LogP) is 2.13. The van der Waals surface area contributed by atoms with Crippen molar-refractivity contribution in [3.05, 3.63) is 22.8 Å². The van der Waals surface area contributed by atoms with Gasteiger partial charge in [-0.1, -0.05) is 13.8 Å². The monoisotopic (exact) mass is 278 g/mol. The molecular weight excluding hydrogens is 248 g/mol. The summed E-state index contributed by atoms with van der Waals surface area (Å²) >= 11 is 0. The molecule has 0 saturated heterocycles. The summed E-state index contributed by atoms with van der Waals surface area (Å²) < 4.78 is 0. The molecule has 4 heteroatoms. The smallest absolute Gasteiger partial charge is 0.130 e. The minimum Gasteiger partial charge on any atom is -0.320 e. The second-order valence-corrected chi connectivity index (χ2v) is 5.27. The average Bonchev–Trinajstić information content (AvgIpc) is 2.43. The van der Waals surface area contributed by atoms with E-state index in [0.29, 0.717) is 0 Å². The number of rotatable bonds is 9. The van der Waals surface area contributed by atoms with Crippen molar-refractivity contribution < 1.29 is 0 Å². The quantitative estimate of drug-likeness (QED) is 0.703. The lowest BCUT2D eigenvalue weighted by Crippen LogP contribution is -2.26. The zero-order valence-electron chi connectivity index (χ0n) is 13.8. The largest absolute Gasteiger partial charge is 0.320 e. The van der Waals surface area contributed by atoms with E-state index >= 15 is 0 Å². The number of nitrogens with one attached hydrogen (secondary N) is 1. The third-order valence-corrected chi connectivity index (χ3v) is 3.87. The first-order valence-electron chi connectivity index (χ1n) is 7.82. The van der Waals surface area contributed by atoms with Gasteiger partial charge >= 0.3 is 0 Å². The SMILES string of the molecule is CCN(CC)CCc1nc(C)c(CCCNC)c(C)n1. The maximum Gasteiger partial charge on any atom is 0.130 e. The average molecular weight is 278 g/mol. The molecule has 1 aromatic rings. The second-order valence-electron chi connectivity index (χ2n) is 5.27. The van der Waals surface area contributed by atoms with E-state index in [1.807, 2.05) is 7.05 Å². The van der Waals surface area contributed by atoms with Crippen LogP contribution in [-0.4, -0.2) is 48.1 Å². The fourth-order valence-corrected chi connectivity index (χ4v) is 2.52. The zero-order chi connectivity index (χ0) is 15.0.